The lowest BCUT2D eigenvalue weighted by atomic mass is 10.2. The van der Waals surface area contributed by atoms with Crippen molar-refractivity contribution >= 4 is 10.0 Å². The monoisotopic (exact) mass is 270 g/mol. The summed E-state index contributed by atoms with van der Waals surface area (Å²) in [6, 6.07) is 0.401. The molecule has 0 spiro atoms. The number of aryl methyl sites for hydroxylation is 1. The van der Waals surface area contributed by atoms with Crippen molar-refractivity contribution < 1.29 is 8.42 Å². The van der Waals surface area contributed by atoms with E-state index in [1.165, 1.54) is 12.6 Å². The minimum atomic E-state index is -3.39. The van der Waals surface area contributed by atoms with Crippen LogP contribution in [0.25, 0.3) is 0 Å². The van der Waals surface area contributed by atoms with Crippen LogP contribution in [0.2, 0.25) is 0 Å². The SMILES string of the molecule is Cc1ncc(S(=O)(=O)N2CCN3CCCC3C2)[nH]1. The maximum Gasteiger partial charge on any atom is 0.260 e. The molecule has 0 aromatic carbocycles. The fourth-order valence-electron chi connectivity index (χ4n) is 2.85. The van der Waals surface area contributed by atoms with E-state index in [1.54, 1.807) is 11.2 Å². The quantitative estimate of drug-likeness (QED) is 0.833. The Hall–Kier alpha value is -0.920. The van der Waals surface area contributed by atoms with Crippen LogP contribution in [0.1, 0.15) is 18.7 Å². The number of H-pyrrole nitrogens is 1. The lowest BCUT2D eigenvalue weighted by molar-refractivity contribution is 0.158. The molecule has 1 atom stereocenters. The first-order chi connectivity index (χ1) is 8.57. The summed E-state index contributed by atoms with van der Waals surface area (Å²) in [5.41, 5.74) is 0. The molecule has 1 aromatic rings. The summed E-state index contributed by atoms with van der Waals surface area (Å²) in [7, 11) is -3.39. The molecule has 1 unspecified atom stereocenters. The number of nitrogens with zero attached hydrogens (tertiary/aromatic N) is 3. The fourth-order valence-corrected chi connectivity index (χ4v) is 4.28. The van der Waals surface area contributed by atoms with Crippen molar-refractivity contribution in [2.75, 3.05) is 26.2 Å². The maximum atomic E-state index is 12.4. The molecule has 0 radical (unpaired) electrons. The Kier molecular flexibility index (Phi) is 2.91. The van der Waals surface area contributed by atoms with Crippen molar-refractivity contribution in [3.63, 3.8) is 0 Å². The molecule has 0 amide bonds. The number of fused-ring (bicyclic) bond motifs is 1. The topological polar surface area (TPSA) is 69.3 Å². The van der Waals surface area contributed by atoms with Crippen LogP contribution < -0.4 is 0 Å². The van der Waals surface area contributed by atoms with Crippen molar-refractivity contribution in [2.24, 2.45) is 0 Å². The van der Waals surface area contributed by atoms with Crippen molar-refractivity contribution in [2.45, 2.75) is 30.8 Å². The average molecular weight is 270 g/mol. The fraction of sp³-hybridized carbons (Fsp3) is 0.727. The van der Waals surface area contributed by atoms with E-state index in [0.29, 0.717) is 25.0 Å². The third-order valence-corrected chi connectivity index (χ3v) is 5.62. The standard InChI is InChI=1S/C11H18N4O2S/c1-9-12-7-11(13-9)18(16,17)15-6-5-14-4-2-3-10(14)8-15/h7,10H,2-6,8H2,1H3,(H,12,13). The number of imidazole rings is 1. The summed E-state index contributed by atoms with van der Waals surface area (Å²) < 4.78 is 26.4. The van der Waals surface area contributed by atoms with Gasteiger partial charge in [0.1, 0.15) is 5.82 Å². The number of piperazine rings is 1. The van der Waals surface area contributed by atoms with Gasteiger partial charge >= 0.3 is 0 Å². The maximum absolute atomic E-state index is 12.4. The molecule has 0 bridgehead atoms. The van der Waals surface area contributed by atoms with E-state index in [0.717, 1.165) is 19.5 Å². The highest BCUT2D eigenvalue weighted by atomic mass is 32.2. The van der Waals surface area contributed by atoms with Crippen LogP contribution in [0, 0.1) is 6.92 Å². The van der Waals surface area contributed by atoms with Crippen LogP contribution in [0.5, 0.6) is 0 Å². The molecule has 0 aliphatic carbocycles. The average Bonchev–Trinajstić information content (AvgIpc) is 2.96. The second kappa shape index (κ2) is 4.32. The number of nitrogens with one attached hydrogen (secondary N) is 1. The summed E-state index contributed by atoms with van der Waals surface area (Å²) in [6.45, 7) is 4.91. The van der Waals surface area contributed by atoms with Crippen LogP contribution >= 0.6 is 0 Å². The van der Waals surface area contributed by atoms with Crippen molar-refractivity contribution in [1.29, 1.82) is 0 Å². The minimum Gasteiger partial charge on any atom is -0.332 e. The zero-order valence-corrected chi connectivity index (χ0v) is 11.3. The molecule has 2 aliphatic rings. The van der Waals surface area contributed by atoms with Crippen LogP contribution in [0.4, 0.5) is 0 Å². The van der Waals surface area contributed by atoms with Crippen LogP contribution in [-0.4, -0.2) is 59.8 Å². The molecule has 2 saturated heterocycles. The third kappa shape index (κ3) is 1.96. The molecule has 2 fully saturated rings. The molecule has 2 aliphatic heterocycles. The van der Waals surface area contributed by atoms with Gasteiger partial charge in [-0.1, -0.05) is 0 Å². The van der Waals surface area contributed by atoms with Crippen molar-refractivity contribution in [3.05, 3.63) is 12.0 Å². The first-order valence-corrected chi connectivity index (χ1v) is 7.77. The summed E-state index contributed by atoms with van der Waals surface area (Å²) in [6.07, 6.45) is 3.70. The van der Waals surface area contributed by atoms with Gasteiger partial charge in [0.2, 0.25) is 0 Å². The molecule has 3 heterocycles. The van der Waals surface area contributed by atoms with Gasteiger partial charge in [-0.3, -0.25) is 4.90 Å². The first kappa shape index (κ1) is 12.1. The highest BCUT2D eigenvalue weighted by Gasteiger charge is 2.36. The number of aromatic amines is 1. The van der Waals surface area contributed by atoms with Gasteiger partial charge in [0, 0.05) is 25.7 Å². The van der Waals surface area contributed by atoms with Gasteiger partial charge in [0.05, 0.1) is 6.20 Å². The number of sulfonamides is 1. The molecule has 6 nitrogen and oxygen atoms in total. The van der Waals surface area contributed by atoms with Gasteiger partial charge in [0.25, 0.3) is 10.0 Å². The van der Waals surface area contributed by atoms with E-state index in [9.17, 15) is 8.42 Å². The van der Waals surface area contributed by atoms with Gasteiger partial charge in [-0.15, -0.1) is 0 Å². The van der Waals surface area contributed by atoms with Gasteiger partial charge in [-0.25, -0.2) is 13.4 Å². The molecule has 0 saturated carbocycles. The Morgan fingerprint density at radius 3 is 2.94 bits per heavy atom. The predicted molar refractivity (Wildman–Crippen MR) is 66.7 cm³/mol. The van der Waals surface area contributed by atoms with E-state index in [2.05, 4.69) is 14.9 Å². The van der Waals surface area contributed by atoms with Gasteiger partial charge < -0.3 is 4.98 Å². The number of hydrogen-bond donors (Lipinski definition) is 1. The summed E-state index contributed by atoms with van der Waals surface area (Å²) in [5, 5.41) is 0.214. The highest BCUT2D eigenvalue weighted by Crippen LogP contribution is 2.25. The molecule has 18 heavy (non-hydrogen) atoms. The van der Waals surface area contributed by atoms with E-state index in [1.807, 2.05) is 0 Å². The Bertz CT molecular complexity index is 539. The molecular formula is C11H18N4O2S. The van der Waals surface area contributed by atoms with Gasteiger partial charge in [0.15, 0.2) is 5.03 Å². The first-order valence-electron chi connectivity index (χ1n) is 6.33. The molecule has 100 valence electrons. The zero-order valence-electron chi connectivity index (χ0n) is 10.5. The summed E-state index contributed by atoms with van der Waals surface area (Å²) >= 11 is 0. The largest absolute Gasteiger partial charge is 0.332 e. The second-order valence-corrected chi connectivity index (χ2v) is 6.93. The minimum absolute atomic E-state index is 0.214. The lowest BCUT2D eigenvalue weighted by Gasteiger charge is -2.36. The number of hydrogen-bond acceptors (Lipinski definition) is 4. The molecule has 1 aromatic heterocycles. The van der Waals surface area contributed by atoms with Crippen LogP contribution in [0.3, 0.4) is 0 Å². The van der Waals surface area contributed by atoms with E-state index >= 15 is 0 Å². The summed E-state index contributed by atoms with van der Waals surface area (Å²) in [4.78, 5) is 9.18. The van der Waals surface area contributed by atoms with E-state index in [4.69, 9.17) is 0 Å². The Labute approximate surface area is 107 Å². The number of rotatable bonds is 2. The Morgan fingerprint density at radius 2 is 2.22 bits per heavy atom. The van der Waals surface area contributed by atoms with E-state index in [-0.39, 0.29) is 5.03 Å². The predicted octanol–water partition coefficient (Wildman–Crippen LogP) is 0.187. The van der Waals surface area contributed by atoms with Crippen LogP contribution in [0.15, 0.2) is 11.2 Å². The highest BCUT2D eigenvalue weighted by molar-refractivity contribution is 7.89. The third-order valence-electron chi connectivity index (χ3n) is 3.85. The second-order valence-electron chi connectivity index (χ2n) is 5.03. The molecule has 3 rings (SSSR count). The van der Waals surface area contributed by atoms with Gasteiger partial charge in [-0.2, -0.15) is 4.31 Å². The van der Waals surface area contributed by atoms with Gasteiger partial charge in [-0.05, 0) is 26.3 Å². The van der Waals surface area contributed by atoms with Crippen LogP contribution in [-0.2, 0) is 10.0 Å². The van der Waals surface area contributed by atoms with E-state index < -0.39 is 10.0 Å². The number of aromatic nitrogens is 2. The lowest BCUT2D eigenvalue weighted by Crippen LogP contribution is -2.51. The molecule has 1 N–H and O–H groups in total. The van der Waals surface area contributed by atoms with Crippen molar-refractivity contribution in [3.8, 4) is 0 Å². The molecular weight excluding hydrogens is 252 g/mol. The smallest absolute Gasteiger partial charge is 0.260 e. The molecule has 7 heteroatoms. The zero-order chi connectivity index (χ0) is 12.8. The Morgan fingerprint density at radius 1 is 1.39 bits per heavy atom. The summed E-state index contributed by atoms with van der Waals surface area (Å²) in [5.74, 6) is 0.632. The Balaban J connectivity index is 1.82. The van der Waals surface area contributed by atoms with Crippen molar-refractivity contribution in [1.82, 2.24) is 19.2 Å². The normalized spacial score (nSPS) is 26.4.